The van der Waals surface area contributed by atoms with Crippen LogP contribution in [0.2, 0.25) is 0 Å². The number of aliphatic carboxylic acids is 1. The van der Waals surface area contributed by atoms with Crippen LogP contribution in [0.3, 0.4) is 0 Å². The standard InChI is InChI=1S/C24H27NO3/c26-23(20-13-11-18(12-14-20)17-7-3-1-4-8-17)25-15-21(22(16-25)24(27)28)19-9-5-2-6-10-19/h1-10,18,20-22H,11-16H2,(H,27,28)/t18?,20?,21-,22-/m1/s1. The molecule has 1 saturated carbocycles. The second-order valence-electron chi connectivity index (χ2n) is 8.16. The molecule has 0 unspecified atom stereocenters. The van der Waals surface area contributed by atoms with E-state index in [0.717, 1.165) is 31.2 Å². The lowest BCUT2D eigenvalue weighted by molar-refractivity contribution is -0.142. The van der Waals surface area contributed by atoms with Crippen molar-refractivity contribution in [2.45, 2.75) is 37.5 Å². The number of carbonyl (C=O) groups excluding carboxylic acids is 1. The van der Waals surface area contributed by atoms with Crippen LogP contribution in [0.1, 0.15) is 48.6 Å². The predicted octanol–water partition coefficient (Wildman–Crippen LogP) is 4.29. The molecule has 1 N–H and O–H groups in total. The van der Waals surface area contributed by atoms with Gasteiger partial charge >= 0.3 is 5.97 Å². The highest BCUT2D eigenvalue weighted by Crippen LogP contribution is 2.39. The zero-order chi connectivity index (χ0) is 19.5. The molecule has 1 aliphatic carbocycles. The van der Waals surface area contributed by atoms with Gasteiger partial charge in [0.25, 0.3) is 0 Å². The zero-order valence-electron chi connectivity index (χ0n) is 16.0. The number of hydrogen-bond acceptors (Lipinski definition) is 2. The second-order valence-corrected chi connectivity index (χ2v) is 8.16. The van der Waals surface area contributed by atoms with Gasteiger partial charge in [0, 0.05) is 24.9 Å². The maximum absolute atomic E-state index is 13.1. The normalized spacial score (nSPS) is 27.5. The fraction of sp³-hybridized carbons (Fsp3) is 0.417. The monoisotopic (exact) mass is 377 g/mol. The molecule has 4 nitrogen and oxygen atoms in total. The third-order valence-corrected chi connectivity index (χ3v) is 6.52. The summed E-state index contributed by atoms with van der Waals surface area (Å²) in [5.41, 5.74) is 2.38. The molecule has 146 valence electrons. The van der Waals surface area contributed by atoms with E-state index in [4.69, 9.17) is 0 Å². The number of carbonyl (C=O) groups is 2. The largest absolute Gasteiger partial charge is 0.481 e. The zero-order valence-corrected chi connectivity index (χ0v) is 16.0. The molecule has 2 aliphatic rings. The topological polar surface area (TPSA) is 57.6 Å². The van der Waals surface area contributed by atoms with E-state index in [-0.39, 0.29) is 17.7 Å². The van der Waals surface area contributed by atoms with Gasteiger partial charge in [-0.15, -0.1) is 0 Å². The summed E-state index contributed by atoms with van der Waals surface area (Å²) in [4.78, 5) is 26.7. The third kappa shape index (κ3) is 3.82. The average molecular weight is 377 g/mol. The first-order valence-corrected chi connectivity index (χ1v) is 10.2. The summed E-state index contributed by atoms with van der Waals surface area (Å²) in [5, 5.41) is 9.68. The van der Waals surface area contributed by atoms with Crippen molar-refractivity contribution in [3.8, 4) is 0 Å². The van der Waals surface area contributed by atoms with E-state index in [1.54, 1.807) is 0 Å². The summed E-state index contributed by atoms with van der Waals surface area (Å²) < 4.78 is 0. The van der Waals surface area contributed by atoms with Gasteiger partial charge in [0.1, 0.15) is 0 Å². The Morgan fingerprint density at radius 1 is 0.786 bits per heavy atom. The van der Waals surface area contributed by atoms with Crippen LogP contribution in [0.4, 0.5) is 0 Å². The van der Waals surface area contributed by atoms with Crippen LogP contribution < -0.4 is 0 Å². The first kappa shape index (κ1) is 18.7. The van der Waals surface area contributed by atoms with Crippen molar-refractivity contribution in [2.75, 3.05) is 13.1 Å². The molecule has 1 aliphatic heterocycles. The summed E-state index contributed by atoms with van der Waals surface area (Å²) >= 11 is 0. The van der Waals surface area contributed by atoms with Gasteiger partial charge in [0.15, 0.2) is 0 Å². The molecule has 1 saturated heterocycles. The molecule has 2 aromatic rings. The number of carboxylic acid groups (broad SMARTS) is 1. The smallest absolute Gasteiger partial charge is 0.308 e. The number of benzene rings is 2. The fourth-order valence-electron chi connectivity index (χ4n) is 4.93. The highest BCUT2D eigenvalue weighted by atomic mass is 16.4. The van der Waals surface area contributed by atoms with Crippen LogP contribution in [-0.2, 0) is 9.59 Å². The van der Waals surface area contributed by atoms with Gasteiger partial charge < -0.3 is 10.0 Å². The van der Waals surface area contributed by atoms with Crippen molar-refractivity contribution >= 4 is 11.9 Å². The summed E-state index contributed by atoms with van der Waals surface area (Å²) in [6.45, 7) is 0.838. The molecule has 0 spiro atoms. The molecule has 28 heavy (non-hydrogen) atoms. The first-order chi connectivity index (χ1) is 13.6. The number of hydrogen-bond donors (Lipinski definition) is 1. The molecule has 0 bridgehead atoms. The van der Waals surface area contributed by atoms with E-state index < -0.39 is 11.9 Å². The third-order valence-electron chi connectivity index (χ3n) is 6.52. The van der Waals surface area contributed by atoms with Crippen LogP contribution in [0.25, 0.3) is 0 Å². The SMILES string of the molecule is O=C(O)[C@@H]1CN(C(=O)C2CCC(c3ccccc3)CC2)C[C@@H]1c1ccccc1. The number of carboxylic acids is 1. The van der Waals surface area contributed by atoms with Crippen molar-refractivity contribution in [3.05, 3.63) is 71.8 Å². The lowest BCUT2D eigenvalue weighted by Crippen LogP contribution is -2.36. The Labute approximate surface area is 166 Å². The van der Waals surface area contributed by atoms with E-state index in [1.165, 1.54) is 5.56 Å². The molecule has 1 heterocycles. The molecular weight excluding hydrogens is 350 g/mol. The van der Waals surface area contributed by atoms with Crippen LogP contribution >= 0.6 is 0 Å². The summed E-state index contributed by atoms with van der Waals surface area (Å²) in [7, 11) is 0. The molecule has 0 radical (unpaired) electrons. The fourth-order valence-corrected chi connectivity index (χ4v) is 4.93. The molecule has 0 aromatic heterocycles. The van der Waals surface area contributed by atoms with Gasteiger partial charge in [0.05, 0.1) is 5.92 Å². The summed E-state index contributed by atoms with van der Waals surface area (Å²) in [5.74, 6) is -0.736. The molecule has 4 rings (SSSR count). The highest BCUT2D eigenvalue weighted by Gasteiger charge is 2.42. The highest BCUT2D eigenvalue weighted by molar-refractivity contribution is 5.81. The van der Waals surface area contributed by atoms with Gasteiger partial charge in [-0.2, -0.15) is 0 Å². The Hall–Kier alpha value is -2.62. The molecule has 1 amide bonds. The number of likely N-dealkylation sites (tertiary alicyclic amines) is 1. The van der Waals surface area contributed by atoms with E-state index in [2.05, 4.69) is 24.3 Å². The average Bonchev–Trinajstić information content (AvgIpc) is 3.20. The van der Waals surface area contributed by atoms with Crippen LogP contribution in [-0.4, -0.2) is 35.0 Å². The van der Waals surface area contributed by atoms with Crippen LogP contribution in [0.15, 0.2) is 60.7 Å². The molecular formula is C24H27NO3. The molecule has 2 fully saturated rings. The minimum atomic E-state index is -0.808. The maximum Gasteiger partial charge on any atom is 0.308 e. The predicted molar refractivity (Wildman–Crippen MR) is 108 cm³/mol. The van der Waals surface area contributed by atoms with Crippen LogP contribution in [0.5, 0.6) is 0 Å². The Morgan fingerprint density at radius 3 is 1.93 bits per heavy atom. The van der Waals surface area contributed by atoms with Gasteiger partial charge in [-0.3, -0.25) is 9.59 Å². The van der Waals surface area contributed by atoms with E-state index in [1.807, 2.05) is 41.3 Å². The Bertz CT molecular complexity index is 812. The lowest BCUT2D eigenvalue weighted by Gasteiger charge is -2.30. The molecule has 2 aromatic carbocycles. The number of rotatable bonds is 4. The van der Waals surface area contributed by atoms with Gasteiger partial charge in [-0.25, -0.2) is 0 Å². The lowest BCUT2D eigenvalue weighted by atomic mass is 9.78. The van der Waals surface area contributed by atoms with E-state index in [0.29, 0.717) is 19.0 Å². The van der Waals surface area contributed by atoms with Crippen molar-refractivity contribution in [1.82, 2.24) is 4.90 Å². The van der Waals surface area contributed by atoms with Gasteiger partial charge in [-0.1, -0.05) is 60.7 Å². The van der Waals surface area contributed by atoms with Crippen molar-refractivity contribution in [3.63, 3.8) is 0 Å². The molecule has 2 atom stereocenters. The Balaban J connectivity index is 1.41. The van der Waals surface area contributed by atoms with Crippen molar-refractivity contribution in [2.24, 2.45) is 11.8 Å². The van der Waals surface area contributed by atoms with Gasteiger partial charge in [-0.05, 0) is 42.7 Å². The first-order valence-electron chi connectivity index (χ1n) is 10.2. The summed E-state index contributed by atoms with van der Waals surface area (Å²) in [6.07, 6.45) is 3.84. The van der Waals surface area contributed by atoms with Crippen LogP contribution in [0, 0.1) is 11.8 Å². The quantitative estimate of drug-likeness (QED) is 0.865. The Kier molecular flexibility index (Phi) is 5.47. The Morgan fingerprint density at radius 2 is 1.36 bits per heavy atom. The second kappa shape index (κ2) is 8.17. The van der Waals surface area contributed by atoms with E-state index in [9.17, 15) is 14.7 Å². The minimum absolute atomic E-state index is 0.0314. The maximum atomic E-state index is 13.1. The van der Waals surface area contributed by atoms with Crippen molar-refractivity contribution in [1.29, 1.82) is 0 Å². The number of nitrogens with zero attached hydrogens (tertiary/aromatic N) is 1. The minimum Gasteiger partial charge on any atom is -0.481 e. The number of amides is 1. The van der Waals surface area contributed by atoms with Gasteiger partial charge in [0.2, 0.25) is 5.91 Å². The van der Waals surface area contributed by atoms with E-state index >= 15 is 0 Å². The van der Waals surface area contributed by atoms with Crippen molar-refractivity contribution < 1.29 is 14.7 Å². The molecule has 4 heteroatoms. The summed E-state index contributed by atoms with van der Waals surface area (Å²) in [6, 6.07) is 20.3.